The van der Waals surface area contributed by atoms with E-state index in [-0.39, 0.29) is 11.8 Å². The van der Waals surface area contributed by atoms with Gasteiger partial charge in [-0.3, -0.25) is 0 Å². The predicted octanol–water partition coefficient (Wildman–Crippen LogP) is 3.51. The summed E-state index contributed by atoms with van der Waals surface area (Å²) >= 11 is 0. The molecule has 0 aliphatic carbocycles. The fraction of sp³-hybridized carbons (Fsp3) is 0.167. The summed E-state index contributed by atoms with van der Waals surface area (Å²) < 4.78 is 56.3. The van der Waals surface area contributed by atoms with Crippen molar-refractivity contribution in [3.63, 3.8) is 0 Å². The molecule has 0 unspecified atom stereocenters. The fourth-order valence-corrected chi connectivity index (χ4v) is 1.77. The molecule has 0 radical (unpaired) electrons. The predicted molar refractivity (Wildman–Crippen MR) is 58.6 cm³/mol. The minimum Gasteiger partial charge on any atom is -0.477 e. The third-order valence-electron chi connectivity index (χ3n) is 2.62. The Morgan fingerprint density at radius 2 is 2.00 bits per heavy atom. The molecule has 0 amide bonds. The molecule has 2 aromatic rings. The second kappa shape index (κ2) is 4.62. The van der Waals surface area contributed by atoms with E-state index in [9.17, 15) is 22.4 Å². The molecule has 0 atom stereocenters. The van der Waals surface area contributed by atoms with Gasteiger partial charge in [0.2, 0.25) is 0 Å². The van der Waals surface area contributed by atoms with E-state index in [1.165, 1.54) is 6.92 Å². The highest BCUT2D eigenvalue weighted by Crippen LogP contribution is 2.38. The first-order valence-electron chi connectivity index (χ1n) is 5.28. The summed E-state index contributed by atoms with van der Waals surface area (Å²) in [7, 11) is 0. The summed E-state index contributed by atoms with van der Waals surface area (Å²) in [5.41, 5.74) is -2.83. The molecule has 0 aliphatic heterocycles. The van der Waals surface area contributed by atoms with E-state index in [2.05, 4.69) is 9.68 Å². The van der Waals surface area contributed by atoms with Crippen molar-refractivity contribution < 1.29 is 32.0 Å². The number of aromatic nitrogens is 1. The summed E-state index contributed by atoms with van der Waals surface area (Å²) in [6.45, 7) is 1.26. The molecule has 0 fully saturated rings. The first kappa shape index (κ1) is 14.0. The van der Waals surface area contributed by atoms with Gasteiger partial charge in [0.25, 0.3) is 0 Å². The molecule has 4 nitrogen and oxygen atoms in total. The van der Waals surface area contributed by atoms with Gasteiger partial charge in [-0.15, -0.1) is 0 Å². The topological polar surface area (TPSA) is 63.3 Å². The molecule has 1 aromatic carbocycles. The number of carboxylic acid groups (broad SMARTS) is 1. The third-order valence-corrected chi connectivity index (χ3v) is 2.62. The van der Waals surface area contributed by atoms with E-state index in [1.54, 1.807) is 0 Å². The lowest BCUT2D eigenvalue weighted by molar-refractivity contribution is -0.137. The van der Waals surface area contributed by atoms with Gasteiger partial charge in [0, 0.05) is 5.56 Å². The zero-order chi connectivity index (χ0) is 15.1. The Kier molecular flexibility index (Phi) is 3.24. The molecule has 1 aromatic heterocycles. The van der Waals surface area contributed by atoms with Gasteiger partial charge in [-0.2, -0.15) is 13.2 Å². The molecule has 2 rings (SSSR count). The van der Waals surface area contributed by atoms with Crippen LogP contribution in [0.15, 0.2) is 22.7 Å². The molecule has 8 heteroatoms. The van der Waals surface area contributed by atoms with Gasteiger partial charge in [-0.05, 0) is 25.1 Å². The molecule has 1 N–H and O–H groups in total. The Morgan fingerprint density at radius 1 is 1.35 bits per heavy atom. The number of carbonyl (C=O) groups is 1. The molecule has 0 saturated carbocycles. The van der Waals surface area contributed by atoms with Crippen LogP contribution >= 0.6 is 0 Å². The van der Waals surface area contributed by atoms with Crippen molar-refractivity contribution in [2.75, 3.05) is 0 Å². The number of nitrogens with zero attached hydrogens (tertiary/aromatic N) is 1. The van der Waals surface area contributed by atoms with Crippen LogP contribution in [0.5, 0.6) is 0 Å². The van der Waals surface area contributed by atoms with E-state index in [4.69, 9.17) is 5.11 Å². The molecule has 0 bridgehead atoms. The average molecular weight is 289 g/mol. The highest BCUT2D eigenvalue weighted by molar-refractivity contribution is 5.96. The number of aromatic carboxylic acids is 1. The first-order valence-corrected chi connectivity index (χ1v) is 5.28. The maximum atomic E-state index is 13.0. The van der Waals surface area contributed by atoms with Gasteiger partial charge < -0.3 is 9.63 Å². The van der Waals surface area contributed by atoms with Crippen LogP contribution in [-0.4, -0.2) is 16.2 Å². The van der Waals surface area contributed by atoms with Crippen LogP contribution in [0.3, 0.4) is 0 Å². The van der Waals surface area contributed by atoms with Crippen molar-refractivity contribution in [3.8, 4) is 11.3 Å². The van der Waals surface area contributed by atoms with E-state index in [0.29, 0.717) is 0 Å². The van der Waals surface area contributed by atoms with E-state index in [1.807, 2.05) is 0 Å². The largest absolute Gasteiger partial charge is 0.477 e. The number of carboxylic acids is 1. The maximum Gasteiger partial charge on any atom is 0.417 e. The monoisotopic (exact) mass is 289 g/mol. The zero-order valence-corrected chi connectivity index (χ0v) is 9.95. The SMILES string of the molecule is Cc1onc(-c2ccc(F)cc2C(F)(F)F)c1C(=O)O. The van der Waals surface area contributed by atoms with Crippen molar-refractivity contribution >= 4 is 5.97 Å². The second-order valence-electron chi connectivity index (χ2n) is 3.96. The van der Waals surface area contributed by atoms with Gasteiger partial charge in [0.15, 0.2) is 0 Å². The van der Waals surface area contributed by atoms with Crippen LogP contribution in [-0.2, 0) is 6.18 Å². The lowest BCUT2D eigenvalue weighted by atomic mass is 10.00. The van der Waals surface area contributed by atoms with Crippen molar-refractivity contribution in [2.24, 2.45) is 0 Å². The van der Waals surface area contributed by atoms with Crippen LogP contribution in [0.4, 0.5) is 17.6 Å². The molecule has 20 heavy (non-hydrogen) atoms. The number of halogens is 4. The minimum atomic E-state index is -4.85. The Labute approximate surface area is 109 Å². The van der Waals surface area contributed by atoms with Crippen molar-refractivity contribution in [1.82, 2.24) is 5.16 Å². The molecule has 106 valence electrons. The van der Waals surface area contributed by atoms with Gasteiger partial charge in [-0.1, -0.05) is 5.16 Å². The number of aryl methyl sites for hydroxylation is 1. The lowest BCUT2D eigenvalue weighted by Crippen LogP contribution is -2.09. The summed E-state index contributed by atoms with van der Waals surface area (Å²) in [6, 6.07) is 1.90. The Balaban J connectivity index is 2.74. The van der Waals surface area contributed by atoms with Gasteiger partial charge >= 0.3 is 12.1 Å². The summed E-state index contributed by atoms with van der Waals surface area (Å²) in [4.78, 5) is 11.0. The summed E-state index contributed by atoms with van der Waals surface area (Å²) in [6.07, 6.45) is -4.85. The molecular formula is C12H7F4NO3. The smallest absolute Gasteiger partial charge is 0.417 e. The maximum absolute atomic E-state index is 13.0. The lowest BCUT2D eigenvalue weighted by Gasteiger charge is -2.11. The molecule has 0 saturated heterocycles. The van der Waals surface area contributed by atoms with E-state index < -0.39 is 40.3 Å². The zero-order valence-electron chi connectivity index (χ0n) is 9.95. The Hall–Kier alpha value is -2.38. The van der Waals surface area contributed by atoms with Crippen molar-refractivity contribution in [3.05, 3.63) is 40.9 Å². The van der Waals surface area contributed by atoms with Crippen molar-refractivity contribution in [2.45, 2.75) is 13.1 Å². The highest BCUT2D eigenvalue weighted by atomic mass is 19.4. The van der Waals surface area contributed by atoms with Crippen LogP contribution < -0.4 is 0 Å². The summed E-state index contributed by atoms with van der Waals surface area (Å²) in [5, 5.41) is 12.3. The molecular weight excluding hydrogens is 282 g/mol. The number of rotatable bonds is 2. The third kappa shape index (κ3) is 2.36. The minimum absolute atomic E-state index is 0.134. The second-order valence-corrected chi connectivity index (χ2v) is 3.96. The standard InChI is InChI=1S/C12H7F4NO3/c1-5-9(11(18)19)10(17-20-5)7-3-2-6(13)4-8(7)12(14,15)16/h2-4H,1H3,(H,18,19). The molecule has 0 aliphatic rings. The fourth-order valence-electron chi connectivity index (χ4n) is 1.77. The Bertz CT molecular complexity index is 676. The molecule has 1 heterocycles. The summed E-state index contributed by atoms with van der Waals surface area (Å²) in [5.74, 6) is -2.70. The number of hydrogen-bond donors (Lipinski definition) is 1. The van der Waals surface area contributed by atoms with Gasteiger partial charge in [-0.25, -0.2) is 9.18 Å². The average Bonchev–Trinajstić information content (AvgIpc) is 2.70. The van der Waals surface area contributed by atoms with Gasteiger partial charge in [0.05, 0.1) is 5.56 Å². The van der Waals surface area contributed by atoms with Crippen LogP contribution in [0.1, 0.15) is 21.7 Å². The quantitative estimate of drug-likeness (QED) is 0.859. The number of alkyl halides is 3. The molecule has 0 spiro atoms. The number of hydrogen-bond acceptors (Lipinski definition) is 3. The van der Waals surface area contributed by atoms with Crippen LogP contribution in [0.2, 0.25) is 0 Å². The highest BCUT2D eigenvalue weighted by Gasteiger charge is 2.36. The van der Waals surface area contributed by atoms with E-state index in [0.717, 1.165) is 12.1 Å². The first-order chi connectivity index (χ1) is 9.21. The Morgan fingerprint density at radius 3 is 2.55 bits per heavy atom. The van der Waals surface area contributed by atoms with Crippen LogP contribution in [0, 0.1) is 12.7 Å². The van der Waals surface area contributed by atoms with E-state index >= 15 is 0 Å². The van der Waals surface area contributed by atoms with Crippen molar-refractivity contribution in [1.29, 1.82) is 0 Å². The van der Waals surface area contributed by atoms with Crippen LogP contribution in [0.25, 0.3) is 11.3 Å². The number of benzene rings is 1. The van der Waals surface area contributed by atoms with Gasteiger partial charge in [0.1, 0.15) is 22.8 Å². The normalized spacial score (nSPS) is 11.7.